The van der Waals surface area contributed by atoms with Crippen LogP contribution < -0.4 is 10.1 Å². The van der Waals surface area contributed by atoms with Crippen LogP contribution in [0.15, 0.2) is 30.5 Å². The quantitative estimate of drug-likeness (QED) is 0.928. The van der Waals surface area contributed by atoms with Gasteiger partial charge in [0.25, 0.3) is 5.91 Å². The molecule has 1 saturated carbocycles. The zero-order valence-electron chi connectivity index (χ0n) is 14.5. The van der Waals surface area contributed by atoms with E-state index in [1.807, 2.05) is 24.3 Å². The van der Waals surface area contributed by atoms with Crippen LogP contribution in [0, 0.1) is 5.92 Å². The topological polar surface area (TPSA) is 60.5 Å². The van der Waals surface area contributed by atoms with Crippen molar-refractivity contribution in [2.75, 3.05) is 19.5 Å². The number of anilines is 1. The molecule has 0 spiro atoms. The highest BCUT2D eigenvalue weighted by molar-refractivity contribution is 6.05. The van der Waals surface area contributed by atoms with Gasteiger partial charge in [0, 0.05) is 18.7 Å². The van der Waals surface area contributed by atoms with Crippen molar-refractivity contribution in [2.24, 2.45) is 5.92 Å². The van der Waals surface area contributed by atoms with Crippen molar-refractivity contribution in [1.29, 1.82) is 0 Å². The van der Waals surface area contributed by atoms with Crippen LogP contribution in [-0.2, 0) is 9.53 Å². The molecule has 1 aromatic carbocycles. The van der Waals surface area contributed by atoms with Crippen molar-refractivity contribution >= 4 is 22.5 Å². The molecule has 1 aromatic heterocycles. The number of hydrogen-bond donors (Lipinski definition) is 1. The van der Waals surface area contributed by atoms with Crippen LogP contribution in [0.5, 0.6) is 5.75 Å². The molecule has 24 heavy (non-hydrogen) atoms. The van der Waals surface area contributed by atoms with Gasteiger partial charge in [0.2, 0.25) is 0 Å². The van der Waals surface area contributed by atoms with Gasteiger partial charge >= 0.3 is 0 Å². The third-order valence-electron chi connectivity index (χ3n) is 4.96. The minimum Gasteiger partial charge on any atom is -0.494 e. The highest BCUT2D eigenvalue weighted by Gasteiger charge is 2.42. The van der Waals surface area contributed by atoms with Crippen LogP contribution in [0.2, 0.25) is 0 Å². The van der Waals surface area contributed by atoms with Gasteiger partial charge in [-0.25, -0.2) is 0 Å². The van der Waals surface area contributed by atoms with Gasteiger partial charge in [-0.3, -0.25) is 9.78 Å². The number of carbonyl (C=O) groups excluding carboxylic acids is 1. The average Bonchev–Trinajstić information content (AvgIpc) is 2.61. The van der Waals surface area contributed by atoms with E-state index in [0.717, 1.165) is 42.3 Å². The molecule has 5 nitrogen and oxygen atoms in total. The van der Waals surface area contributed by atoms with E-state index < -0.39 is 5.60 Å². The Morgan fingerprint density at radius 2 is 2.17 bits per heavy atom. The van der Waals surface area contributed by atoms with Crippen LogP contribution in [0.3, 0.4) is 0 Å². The highest BCUT2D eigenvalue weighted by Crippen LogP contribution is 2.37. The Hall–Kier alpha value is -2.14. The first-order chi connectivity index (χ1) is 11.6. The Morgan fingerprint density at radius 1 is 1.33 bits per heavy atom. The number of pyridine rings is 1. The minimum absolute atomic E-state index is 0.0770. The SMILES string of the molecule is COc1ccc(NC(=O)[C@]2(OC)CCC[C@H](C)C2)c2cccnc12. The van der Waals surface area contributed by atoms with E-state index in [-0.39, 0.29) is 5.91 Å². The summed E-state index contributed by atoms with van der Waals surface area (Å²) in [4.78, 5) is 17.4. The second-order valence-electron chi connectivity index (χ2n) is 6.57. The Kier molecular flexibility index (Phi) is 4.71. The third kappa shape index (κ3) is 2.96. The monoisotopic (exact) mass is 328 g/mol. The predicted octanol–water partition coefficient (Wildman–Crippen LogP) is 3.78. The summed E-state index contributed by atoms with van der Waals surface area (Å²) in [6.45, 7) is 2.17. The minimum atomic E-state index is -0.744. The smallest absolute Gasteiger partial charge is 0.256 e. The maximum Gasteiger partial charge on any atom is 0.256 e. The number of benzene rings is 1. The average molecular weight is 328 g/mol. The van der Waals surface area contributed by atoms with E-state index >= 15 is 0 Å². The number of ether oxygens (including phenoxy) is 2. The summed E-state index contributed by atoms with van der Waals surface area (Å²) in [5.74, 6) is 1.10. The van der Waals surface area contributed by atoms with Crippen molar-refractivity contribution in [3.05, 3.63) is 30.5 Å². The predicted molar refractivity (Wildman–Crippen MR) is 94.3 cm³/mol. The molecule has 1 aliphatic rings. The van der Waals surface area contributed by atoms with E-state index in [4.69, 9.17) is 9.47 Å². The Balaban J connectivity index is 1.93. The van der Waals surface area contributed by atoms with E-state index in [2.05, 4.69) is 17.2 Å². The van der Waals surface area contributed by atoms with E-state index in [1.54, 1.807) is 20.4 Å². The third-order valence-corrected chi connectivity index (χ3v) is 4.96. The van der Waals surface area contributed by atoms with Crippen LogP contribution in [0.25, 0.3) is 10.9 Å². The summed E-state index contributed by atoms with van der Waals surface area (Å²) in [6, 6.07) is 7.47. The number of fused-ring (bicyclic) bond motifs is 1. The fraction of sp³-hybridized carbons (Fsp3) is 0.474. The number of rotatable bonds is 4. The summed E-state index contributed by atoms with van der Waals surface area (Å²) in [6.07, 6.45) is 5.38. The molecule has 3 rings (SSSR count). The normalized spacial score (nSPS) is 23.9. The number of amides is 1. The molecule has 1 heterocycles. The molecule has 0 saturated heterocycles. The lowest BCUT2D eigenvalue weighted by molar-refractivity contribution is -0.143. The van der Waals surface area contributed by atoms with Crippen molar-refractivity contribution in [1.82, 2.24) is 4.98 Å². The molecule has 2 atom stereocenters. The summed E-state index contributed by atoms with van der Waals surface area (Å²) in [7, 11) is 3.25. The summed E-state index contributed by atoms with van der Waals surface area (Å²) < 4.78 is 11.0. The van der Waals surface area contributed by atoms with Crippen LogP contribution >= 0.6 is 0 Å². The van der Waals surface area contributed by atoms with Crippen molar-refractivity contribution < 1.29 is 14.3 Å². The van der Waals surface area contributed by atoms with Crippen molar-refractivity contribution in [2.45, 2.75) is 38.2 Å². The number of carbonyl (C=O) groups is 1. The lowest BCUT2D eigenvalue weighted by atomic mass is 9.78. The summed E-state index contributed by atoms with van der Waals surface area (Å²) >= 11 is 0. The lowest BCUT2D eigenvalue weighted by Gasteiger charge is -2.37. The van der Waals surface area contributed by atoms with E-state index in [0.29, 0.717) is 11.7 Å². The molecule has 2 aromatic rings. The zero-order valence-corrected chi connectivity index (χ0v) is 14.5. The standard InChI is InChI=1S/C19H24N2O3/c1-13-6-4-10-19(12-13,24-3)18(22)21-15-8-9-16(23-2)17-14(15)7-5-11-20-17/h5,7-9,11,13H,4,6,10,12H2,1-3H3,(H,21,22)/t13-,19-/m0/s1. The first-order valence-electron chi connectivity index (χ1n) is 8.38. The maximum absolute atomic E-state index is 13.0. The number of methoxy groups -OCH3 is 2. The maximum atomic E-state index is 13.0. The largest absolute Gasteiger partial charge is 0.494 e. The van der Waals surface area contributed by atoms with Gasteiger partial charge in [0.15, 0.2) is 0 Å². The van der Waals surface area contributed by atoms with Gasteiger partial charge in [-0.05, 0) is 49.4 Å². The van der Waals surface area contributed by atoms with E-state index in [1.165, 1.54) is 0 Å². The molecule has 128 valence electrons. The Labute approximate surface area is 142 Å². The zero-order chi connectivity index (χ0) is 17.2. The van der Waals surface area contributed by atoms with Crippen molar-refractivity contribution in [3.8, 4) is 5.75 Å². The highest BCUT2D eigenvalue weighted by atomic mass is 16.5. The number of nitrogens with zero attached hydrogens (tertiary/aromatic N) is 1. The first-order valence-corrected chi connectivity index (χ1v) is 8.38. The fourth-order valence-corrected chi connectivity index (χ4v) is 3.64. The van der Waals surface area contributed by atoms with Gasteiger partial charge in [-0.1, -0.05) is 13.3 Å². The first kappa shape index (κ1) is 16.7. The number of aromatic nitrogens is 1. The van der Waals surface area contributed by atoms with Crippen LogP contribution in [0.4, 0.5) is 5.69 Å². The molecule has 0 aliphatic heterocycles. The lowest BCUT2D eigenvalue weighted by Crippen LogP contribution is -2.47. The Morgan fingerprint density at radius 3 is 2.88 bits per heavy atom. The van der Waals surface area contributed by atoms with Gasteiger partial charge in [0.05, 0.1) is 12.8 Å². The molecule has 0 unspecified atom stereocenters. The summed E-state index contributed by atoms with van der Waals surface area (Å²) in [5.41, 5.74) is 0.728. The van der Waals surface area contributed by atoms with Gasteiger partial charge < -0.3 is 14.8 Å². The molecule has 1 fully saturated rings. The molecule has 1 amide bonds. The molecular weight excluding hydrogens is 304 g/mol. The van der Waals surface area contributed by atoms with E-state index in [9.17, 15) is 4.79 Å². The molecular formula is C19H24N2O3. The second-order valence-corrected chi connectivity index (χ2v) is 6.57. The summed E-state index contributed by atoms with van der Waals surface area (Å²) in [5, 5.41) is 3.92. The second kappa shape index (κ2) is 6.77. The molecule has 0 bridgehead atoms. The number of nitrogens with one attached hydrogen (secondary N) is 1. The number of hydrogen-bond acceptors (Lipinski definition) is 4. The van der Waals surface area contributed by atoms with Gasteiger partial charge in [-0.2, -0.15) is 0 Å². The Bertz CT molecular complexity index is 746. The van der Waals surface area contributed by atoms with Crippen LogP contribution in [0.1, 0.15) is 32.6 Å². The van der Waals surface area contributed by atoms with Gasteiger partial charge in [-0.15, -0.1) is 0 Å². The molecule has 0 radical (unpaired) electrons. The molecule has 1 N–H and O–H groups in total. The fourth-order valence-electron chi connectivity index (χ4n) is 3.64. The van der Waals surface area contributed by atoms with Crippen LogP contribution in [-0.4, -0.2) is 30.7 Å². The molecule has 5 heteroatoms. The van der Waals surface area contributed by atoms with Crippen molar-refractivity contribution in [3.63, 3.8) is 0 Å². The molecule has 1 aliphatic carbocycles. The van der Waals surface area contributed by atoms with Gasteiger partial charge in [0.1, 0.15) is 16.9 Å².